The molecule has 7 nitrogen and oxygen atoms in total. The third-order valence-electron chi connectivity index (χ3n) is 4.36. The smallest absolute Gasteiger partial charge is 0.357 e. The summed E-state index contributed by atoms with van der Waals surface area (Å²) in [6.45, 7) is 7.44. The maximum Gasteiger partial charge on any atom is 0.357 e. The van der Waals surface area contributed by atoms with Gasteiger partial charge in [-0.25, -0.2) is 9.78 Å². The Balaban J connectivity index is 3.03. The number of carbonyl (C=O) groups is 3. The maximum absolute atomic E-state index is 12.5. The van der Waals surface area contributed by atoms with Gasteiger partial charge in [0.15, 0.2) is 11.8 Å². The number of carbonyl (C=O) groups excluding carboxylic acids is 3. The molecule has 0 bridgehead atoms. The van der Waals surface area contributed by atoms with Crippen molar-refractivity contribution in [1.82, 2.24) is 9.88 Å². The highest BCUT2D eigenvalue weighted by Gasteiger charge is 2.30. The Labute approximate surface area is 165 Å². The second-order valence-corrected chi connectivity index (χ2v) is 7.71. The highest BCUT2D eigenvalue weighted by Crippen LogP contribution is 2.30. The largest absolute Gasteiger partial charge is 0.464 e. The van der Waals surface area contributed by atoms with Gasteiger partial charge in [0.05, 0.1) is 7.11 Å². The lowest BCUT2D eigenvalue weighted by Gasteiger charge is -2.33. The molecular weight excluding hydrogens is 368 g/mol. The van der Waals surface area contributed by atoms with Crippen LogP contribution in [0.15, 0.2) is 5.38 Å². The molecule has 2 atom stereocenters. The standard InChI is InChI=1S/C19H30N2O5S/c1-7-8-9-17(23)21(5)15(12(2)3)10-16(26-13(4)22)18-20-14(11-27-18)19(24)25-6/h11-12,15-16H,7-10H2,1-6H3/t15-,16-/m1/s1. The van der Waals surface area contributed by atoms with Crippen LogP contribution in [0.2, 0.25) is 0 Å². The van der Waals surface area contributed by atoms with Crippen LogP contribution in [-0.4, -0.2) is 47.9 Å². The fourth-order valence-electron chi connectivity index (χ4n) is 2.82. The SMILES string of the molecule is CCCCC(=O)N(C)[C@H](C[C@@H](OC(C)=O)c1nc(C(=O)OC)cs1)C(C)C. The number of rotatable bonds is 10. The zero-order valence-electron chi connectivity index (χ0n) is 17.0. The average Bonchev–Trinajstić information content (AvgIpc) is 3.11. The Kier molecular flexibility index (Phi) is 9.41. The van der Waals surface area contributed by atoms with Gasteiger partial charge in [-0.15, -0.1) is 11.3 Å². The Morgan fingerprint density at radius 2 is 1.96 bits per heavy atom. The Morgan fingerprint density at radius 1 is 1.30 bits per heavy atom. The molecule has 152 valence electrons. The third kappa shape index (κ3) is 6.93. The minimum Gasteiger partial charge on any atom is -0.464 e. The van der Waals surface area contributed by atoms with Gasteiger partial charge >= 0.3 is 11.9 Å². The van der Waals surface area contributed by atoms with E-state index in [1.54, 1.807) is 17.3 Å². The van der Waals surface area contributed by atoms with Crippen LogP contribution >= 0.6 is 11.3 Å². The number of hydrogen-bond donors (Lipinski definition) is 0. The minimum absolute atomic E-state index is 0.0755. The van der Waals surface area contributed by atoms with Gasteiger partial charge < -0.3 is 14.4 Å². The fourth-order valence-corrected chi connectivity index (χ4v) is 3.65. The van der Waals surface area contributed by atoms with Crippen LogP contribution in [0.1, 0.15) is 75.0 Å². The fraction of sp³-hybridized carbons (Fsp3) is 0.684. The summed E-state index contributed by atoms with van der Waals surface area (Å²) in [5.41, 5.74) is 0.183. The highest BCUT2D eigenvalue weighted by molar-refractivity contribution is 7.09. The lowest BCUT2D eigenvalue weighted by molar-refractivity contribution is -0.148. The summed E-state index contributed by atoms with van der Waals surface area (Å²) in [5, 5.41) is 2.10. The zero-order valence-corrected chi connectivity index (χ0v) is 17.8. The normalized spacial score (nSPS) is 13.1. The molecule has 8 heteroatoms. The number of methoxy groups -OCH3 is 1. The number of nitrogens with zero attached hydrogens (tertiary/aromatic N) is 2. The predicted molar refractivity (Wildman–Crippen MR) is 103 cm³/mol. The van der Waals surface area contributed by atoms with Crippen LogP contribution in [-0.2, 0) is 19.1 Å². The molecule has 0 radical (unpaired) electrons. The van der Waals surface area contributed by atoms with Gasteiger partial charge in [0.25, 0.3) is 0 Å². The van der Waals surface area contributed by atoms with Crippen LogP contribution in [0.4, 0.5) is 0 Å². The number of amides is 1. The maximum atomic E-state index is 12.5. The molecule has 0 N–H and O–H groups in total. The van der Waals surface area contributed by atoms with E-state index in [1.165, 1.54) is 25.4 Å². The first kappa shape index (κ1) is 23.1. The number of hydrogen-bond acceptors (Lipinski definition) is 7. The van der Waals surface area contributed by atoms with Gasteiger partial charge in [-0.05, 0) is 12.3 Å². The molecule has 1 rings (SSSR count). The lowest BCUT2D eigenvalue weighted by Crippen LogP contribution is -2.41. The Hall–Kier alpha value is -1.96. The van der Waals surface area contributed by atoms with E-state index in [0.29, 0.717) is 17.8 Å². The summed E-state index contributed by atoms with van der Waals surface area (Å²) >= 11 is 1.24. The van der Waals surface area contributed by atoms with Crippen molar-refractivity contribution >= 4 is 29.2 Å². The Morgan fingerprint density at radius 3 is 2.48 bits per heavy atom. The summed E-state index contributed by atoms with van der Waals surface area (Å²) in [7, 11) is 3.08. The van der Waals surface area contributed by atoms with Crippen molar-refractivity contribution in [3.63, 3.8) is 0 Å². The van der Waals surface area contributed by atoms with E-state index in [1.807, 2.05) is 20.8 Å². The van der Waals surface area contributed by atoms with Crippen molar-refractivity contribution in [3.05, 3.63) is 16.1 Å². The molecule has 0 spiro atoms. The van der Waals surface area contributed by atoms with Gasteiger partial charge in [0, 0.05) is 38.2 Å². The van der Waals surface area contributed by atoms with Crippen LogP contribution in [0.25, 0.3) is 0 Å². The lowest BCUT2D eigenvalue weighted by atomic mass is 9.96. The van der Waals surface area contributed by atoms with Gasteiger partial charge in [0.1, 0.15) is 5.01 Å². The highest BCUT2D eigenvalue weighted by atomic mass is 32.1. The van der Waals surface area contributed by atoms with E-state index in [4.69, 9.17) is 4.74 Å². The first-order valence-electron chi connectivity index (χ1n) is 9.17. The number of unbranched alkanes of at least 4 members (excludes halogenated alkanes) is 1. The zero-order chi connectivity index (χ0) is 20.6. The van der Waals surface area contributed by atoms with Gasteiger partial charge in [-0.3, -0.25) is 9.59 Å². The van der Waals surface area contributed by atoms with Crippen molar-refractivity contribution in [3.8, 4) is 0 Å². The molecular formula is C19H30N2O5S. The third-order valence-corrected chi connectivity index (χ3v) is 5.30. The van der Waals surface area contributed by atoms with Crippen LogP contribution < -0.4 is 0 Å². The van der Waals surface area contributed by atoms with Gasteiger partial charge in [-0.2, -0.15) is 0 Å². The molecule has 0 saturated heterocycles. The quantitative estimate of drug-likeness (QED) is 0.560. The molecule has 0 aliphatic carbocycles. The molecule has 27 heavy (non-hydrogen) atoms. The number of ether oxygens (including phenoxy) is 2. The first-order valence-corrected chi connectivity index (χ1v) is 10.1. The van der Waals surface area contributed by atoms with Crippen LogP contribution in [0.5, 0.6) is 0 Å². The van der Waals surface area contributed by atoms with Crippen LogP contribution in [0.3, 0.4) is 0 Å². The molecule has 0 unspecified atom stereocenters. The number of esters is 2. The summed E-state index contributed by atoms with van der Waals surface area (Å²) in [6, 6.07) is -0.121. The second-order valence-electron chi connectivity index (χ2n) is 6.82. The van der Waals surface area contributed by atoms with Crippen molar-refractivity contribution in [1.29, 1.82) is 0 Å². The topological polar surface area (TPSA) is 85.8 Å². The summed E-state index contributed by atoms with van der Waals surface area (Å²) in [4.78, 5) is 41.7. The summed E-state index contributed by atoms with van der Waals surface area (Å²) in [5.74, 6) is -0.728. The predicted octanol–water partition coefficient (Wildman–Crippen LogP) is 3.60. The molecule has 0 fully saturated rings. The molecule has 1 aromatic rings. The average molecular weight is 399 g/mol. The van der Waals surface area contributed by atoms with Crippen molar-refractivity contribution in [2.45, 2.75) is 65.5 Å². The molecule has 1 aromatic heterocycles. The monoisotopic (exact) mass is 398 g/mol. The number of thiazole rings is 1. The van der Waals surface area contributed by atoms with Gasteiger partial charge in [0.2, 0.25) is 5.91 Å². The first-order chi connectivity index (χ1) is 12.7. The van der Waals surface area contributed by atoms with Gasteiger partial charge in [-0.1, -0.05) is 27.2 Å². The molecule has 0 saturated carbocycles. The molecule has 1 amide bonds. The van der Waals surface area contributed by atoms with E-state index in [-0.39, 0.29) is 23.6 Å². The second kappa shape index (κ2) is 11.0. The molecule has 0 aliphatic rings. The molecule has 0 aromatic carbocycles. The summed E-state index contributed by atoms with van der Waals surface area (Å²) < 4.78 is 10.2. The van der Waals surface area contributed by atoms with E-state index in [0.717, 1.165) is 12.8 Å². The molecule has 0 aliphatic heterocycles. The van der Waals surface area contributed by atoms with E-state index in [9.17, 15) is 14.4 Å². The van der Waals surface area contributed by atoms with Crippen LogP contribution in [0, 0.1) is 5.92 Å². The molecule has 1 heterocycles. The Bertz CT molecular complexity index is 644. The van der Waals surface area contributed by atoms with E-state index in [2.05, 4.69) is 9.72 Å². The minimum atomic E-state index is -0.625. The van der Waals surface area contributed by atoms with Crippen molar-refractivity contribution in [2.75, 3.05) is 14.2 Å². The summed E-state index contributed by atoms with van der Waals surface area (Å²) in [6.07, 6.45) is 2.09. The van der Waals surface area contributed by atoms with E-state index >= 15 is 0 Å². The van der Waals surface area contributed by atoms with E-state index < -0.39 is 18.0 Å². The van der Waals surface area contributed by atoms with Crippen molar-refractivity contribution < 1.29 is 23.9 Å². The van der Waals surface area contributed by atoms with Crippen molar-refractivity contribution in [2.24, 2.45) is 5.92 Å². The number of aromatic nitrogens is 1.